The highest BCUT2D eigenvalue weighted by atomic mass is 16.8. The Labute approximate surface area is 396 Å². The van der Waals surface area contributed by atoms with Crippen LogP contribution in [-0.4, -0.2) is 203 Å². The van der Waals surface area contributed by atoms with Crippen LogP contribution in [0.3, 0.4) is 0 Å². The van der Waals surface area contributed by atoms with E-state index in [1.165, 1.54) is 13.8 Å². The molecule has 2 spiro atoms. The summed E-state index contributed by atoms with van der Waals surface area (Å²) in [6, 6.07) is 0. The average Bonchev–Trinajstić information content (AvgIpc) is 3.87. The number of rotatable bonds is 14. The van der Waals surface area contributed by atoms with E-state index in [9.17, 15) is 70.9 Å². The molecule has 0 radical (unpaired) electrons. The standard InChI is InChI=1S/C48H78O20/c1-20(8-9-27(53)44(4,5)62)29-22(52)15-46(7)39-21(51)14-26-43(2,3)28(10-11-47(26)19-48(39,47)13-12-45(29,46)6)67-42-38(68-41-37(61)34(58)31(55)24(17-50)65-41)35(59)32(56)25(66-42)18-63-40-36(60)33(57)30(54)23(16-49)64-40/h20-21,23-26,28-42,49-51,54-62H,8-19H2,1-7H3. The number of carbonyl (C=O) groups is 2. The molecule has 20 heteroatoms. The van der Waals surface area contributed by atoms with Crippen LogP contribution in [0.1, 0.15) is 106 Å². The average molecular weight is 975 g/mol. The van der Waals surface area contributed by atoms with Crippen LogP contribution in [0.2, 0.25) is 0 Å². The van der Waals surface area contributed by atoms with Crippen molar-refractivity contribution in [2.45, 2.75) is 216 Å². The number of hydrogen-bond acceptors (Lipinski definition) is 20. The summed E-state index contributed by atoms with van der Waals surface area (Å²) in [7, 11) is 0. The molecule has 5 aliphatic carbocycles. The van der Waals surface area contributed by atoms with Crippen LogP contribution in [0.15, 0.2) is 0 Å². The molecule has 0 bridgehead atoms. The lowest BCUT2D eigenvalue weighted by Crippen LogP contribution is -2.66. The van der Waals surface area contributed by atoms with Crippen molar-refractivity contribution >= 4 is 11.6 Å². The number of ether oxygens (including phenoxy) is 6. The lowest BCUT2D eigenvalue weighted by atomic mass is 9.41. The number of fused-ring (bicyclic) bond motifs is 2. The first-order valence-electron chi connectivity index (χ1n) is 24.7. The quantitative estimate of drug-likeness (QED) is 0.0852. The number of aliphatic hydroxyl groups is 12. The topological polar surface area (TPSA) is 332 Å². The van der Waals surface area contributed by atoms with Crippen molar-refractivity contribution in [3.63, 3.8) is 0 Å². The zero-order valence-corrected chi connectivity index (χ0v) is 40.2. The van der Waals surface area contributed by atoms with Gasteiger partial charge in [0.1, 0.15) is 84.6 Å². The van der Waals surface area contributed by atoms with Gasteiger partial charge >= 0.3 is 0 Å². The number of ketones is 2. The van der Waals surface area contributed by atoms with E-state index in [0.717, 1.165) is 19.3 Å². The molecule has 0 amide bonds. The van der Waals surface area contributed by atoms with Gasteiger partial charge in [0, 0.05) is 18.8 Å². The molecule has 0 aromatic heterocycles. The minimum atomic E-state index is -1.88. The molecule has 8 aliphatic rings. The molecule has 8 fully saturated rings. The molecule has 5 saturated carbocycles. The van der Waals surface area contributed by atoms with Gasteiger partial charge in [-0.1, -0.05) is 34.6 Å². The van der Waals surface area contributed by atoms with Crippen molar-refractivity contribution in [1.29, 1.82) is 0 Å². The predicted octanol–water partition coefficient (Wildman–Crippen LogP) is -1.83. The summed E-state index contributed by atoms with van der Waals surface area (Å²) in [6.07, 6.45) is -21.2. The molecule has 12 N–H and O–H groups in total. The van der Waals surface area contributed by atoms with Crippen LogP contribution in [0.4, 0.5) is 0 Å². The van der Waals surface area contributed by atoms with Gasteiger partial charge in [-0.15, -0.1) is 0 Å². The Bertz CT molecular complexity index is 1840. The van der Waals surface area contributed by atoms with Crippen LogP contribution in [0.25, 0.3) is 0 Å². The van der Waals surface area contributed by atoms with Gasteiger partial charge < -0.3 is 89.7 Å². The van der Waals surface area contributed by atoms with E-state index >= 15 is 0 Å². The molecule has 3 heterocycles. The van der Waals surface area contributed by atoms with Gasteiger partial charge in [0.25, 0.3) is 0 Å². The first-order chi connectivity index (χ1) is 31.6. The third-order valence-electron chi connectivity index (χ3n) is 19.3. The maximum absolute atomic E-state index is 14.2. The Balaban J connectivity index is 1.03. The second-order valence-electron chi connectivity index (χ2n) is 23.6. The number of aliphatic hydroxyl groups excluding tert-OH is 11. The van der Waals surface area contributed by atoms with Gasteiger partial charge in [0.15, 0.2) is 24.7 Å². The molecule has 390 valence electrons. The SMILES string of the molecule is CC(CCC(=O)C(C)(C)O)C1C(=O)CC2(C)C3C(O)CC4C(C)(C)C(OC5OC(COC6OC(CO)C(O)C(O)C6O)C(O)C(O)C5OC5OC(CO)C(O)C(O)C5O)CCC45CC35CCC12C. The van der Waals surface area contributed by atoms with Gasteiger partial charge in [-0.3, -0.25) is 9.59 Å². The van der Waals surface area contributed by atoms with E-state index in [4.69, 9.17) is 28.4 Å². The highest BCUT2D eigenvalue weighted by Gasteiger charge is 2.84. The second kappa shape index (κ2) is 18.5. The summed E-state index contributed by atoms with van der Waals surface area (Å²) in [5.74, 6) is -0.736. The minimum Gasteiger partial charge on any atom is -0.394 e. The van der Waals surface area contributed by atoms with Crippen LogP contribution in [0.5, 0.6) is 0 Å². The zero-order valence-electron chi connectivity index (χ0n) is 40.2. The Morgan fingerprint density at radius 3 is 1.90 bits per heavy atom. The van der Waals surface area contributed by atoms with Crippen LogP contribution in [0, 0.1) is 50.7 Å². The van der Waals surface area contributed by atoms with E-state index in [1.807, 2.05) is 6.92 Å². The summed E-state index contributed by atoms with van der Waals surface area (Å²) < 4.78 is 36.1. The number of carbonyl (C=O) groups excluding carboxylic acids is 2. The number of Topliss-reactive ketones (excluding diaryl/α,β-unsaturated/α-hetero) is 2. The largest absolute Gasteiger partial charge is 0.394 e. The third-order valence-corrected chi connectivity index (χ3v) is 19.3. The Hall–Kier alpha value is -1.38. The van der Waals surface area contributed by atoms with Crippen molar-refractivity contribution in [1.82, 2.24) is 0 Å². The molecule has 0 aromatic rings. The maximum atomic E-state index is 14.2. The molecule has 8 rings (SSSR count). The second-order valence-corrected chi connectivity index (χ2v) is 23.6. The smallest absolute Gasteiger partial charge is 0.187 e. The highest BCUT2D eigenvalue weighted by molar-refractivity contribution is 5.87. The number of hydrogen-bond donors (Lipinski definition) is 12. The van der Waals surface area contributed by atoms with Gasteiger partial charge in [-0.2, -0.15) is 0 Å². The molecule has 20 nitrogen and oxygen atoms in total. The van der Waals surface area contributed by atoms with Gasteiger partial charge in [0.05, 0.1) is 32.0 Å². The van der Waals surface area contributed by atoms with Crippen LogP contribution >= 0.6 is 0 Å². The normalized spacial score (nSPS) is 52.6. The molecule has 3 saturated heterocycles. The lowest BCUT2D eigenvalue weighted by molar-refractivity contribution is -0.382. The van der Waals surface area contributed by atoms with E-state index in [0.29, 0.717) is 32.1 Å². The van der Waals surface area contributed by atoms with Gasteiger partial charge in [-0.25, -0.2) is 0 Å². The molecule has 0 aromatic carbocycles. The minimum absolute atomic E-state index is 0.0816. The van der Waals surface area contributed by atoms with Crippen molar-refractivity contribution in [2.75, 3.05) is 19.8 Å². The fourth-order valence-corrected chi connectivity index (χ4v) is 15.4. The molecule has 25 atom stereocenters. The monoisotopic (exact) mass is 975 g/mol. The maximum Gasteiger partial charge on any atom is 0.187 e. The molecule has 25 unspecified atom stereocenters. The van der Waals surface area contributed by atoms with Crippen LogP contribution < -0.4 is 0 Å². The summed E-state index contributed by atoms with van der Waals surface area (Å²) in [5, 5.41) is 129. The van der Waals surface area contributed by atoms with E-state index in [2.05, 4.69) is 27.7 Å². The Morgan fingerprint density at radius 2 is 1.29 bits per heavy atom. The fourth-order valence-electron chi connectivity index (χ4n) is 15.4. The third kappa shape index (κ3) is 8.20. The Kier molecular flexibility index (Phi) is 14.4. The summed E-state index contributed by atoms with van der Waals surface area (Å²) in [6.45, 7) is 11.4. The zero-order chi connectivity index (χ0) is 50.0. The first-order valence-corrected chi connectivity index (χ1v) is 24.7. The molecular formula is C48H78O20. The highest BCUT2D eigenvalue weighted by Crippen LogP contribution is 2.89. The van der Waals surface area contributed by atoms with Crippen molar-refractivity contribution in [3.8, 4) is 0 Å². The van der Waals surface area contributed by atoms with E-state index in [1.54, 1.807) is 0 Å². The lowest BCUT2D eigenvalue weighted by Gasteiger charge is -2.64. The van der Waals surface area contributed by atoms with Gasteiger partial charge in [0.2, 0.25) is 0 Å². The predicted molar refractivity (Wildman–Crippen MR) is 232 cm³/mol. The van der Waals surface area contributed by atoms with E-state index in [-0.39, 0.29) is 52.5 Å². The van der Waals surface area contributed by atoms with Crippen LogP contribution in [-0.2, 0) is 38.0 Å². The van der Waals surface area contributed by atoms with Crippen molar-refractivity contribution < 1.29 is 99.3 Å². The van der Waals surface area contributed by atoms with E-state index < -0.39 is 146 Å². The Morgan fingerprint density at radius 1 is 0.721 bits per heavy atom. The molecular weight excluding hydrogens is 897 g/mol. The summed E-state index contributed by atoms with van der Waals surface area (Å²) in [5.41, 5.74) is -3.50. The fraction of sp³-hybridized carbons (Fsp3) is 0.958. The van der Waals surface area contributed by atoms with Crippen molar-refractivity contribution in [3.05, 3.63) is 0 Å². The molecule has 68 heavy (non-hydrogen) atoms. The molecule has 3 aliphatic heterocycles. The first kappa shape index (κ1) is 52.9. The van der Waals surface area contributed by atoms with Gasteiger partial charge in [-0.05, 0) is 104 Å². The summed E-state index contributed by atoms with van der Waals surface area (Å²) >= 11 is 0. The van der Waals surface area contributed by atoms with Crippen molar-refractivity contribution in [2.24, 2.45) is 50.7 Å². The summed E-state index contributed by atoms with van der Waals surface area (Å²) in [4.78, 5) is 27.0.